The number of carbonyl (C=O) groups is 2. The van der Waals surface area contributed by atoms with Crippen molar-refractivity contribution in [2.75, 3.05) is 13.3 Å². The standard InChI is InChI=1S/C25H25FN2O5/c26-18-8-5-16(6-9-18)11-23-25(30)28(19-3-1-2-4-20(19)33-23)14-24(29)27-13-17-7-10-21-22(12-17)32-15-31-21/h5-12,19-20H,1-4,13-15H2,(H,27,29)/b23-11+. The highest BCUT2D eigenvalue weighted by Crippen LogP contribution is 2.34. The van der Waals surface area contributed by atoms with Crippen LogP contribution >= 0.6 is 0 Å². The second-order valence-corrected chi connectivity index (χ2v) is 8.47. The Balaban J connectivity index is 1.28. The first kappa shape index (κ1) is 21.3. The number of carbonyl (C=O) groups excluding carboxylic acids is 2. The molecular formula is C25H25FN2O5. The van der Waals surface area contributed by atoms with Crippen molar-refractivity contribution in [3.63, 3.8) is 0 Å². The SMILES string of the molecule is O=C(CN1C(=O)/C(=C\c2ccc(F)cc2)OC2CCCCC21)NCc1ccc2c(c1)OCO2. The van der Waals surface area contributed by atoms with Gasteiger partial charge in [0.15, 0.2) is 17.3 Å². The van der Waals surface area contributed by atoms with Crippen LogP contribution < -0.4 is 14.8 Å². The van der Waals surface area contributed by atoms with Crippen LogP contribution in [0.3, 0.4) is 0 Å². The number of halogens is 1. The van der Waals surface area contributed by atoms with E-state index in [4.69, 9.17) is 14.2 Å². The predicted molar refractivity (Wildman–Crippen MR) is 118 cm³/mol. The van der Waals surface area contributed by atoms with E-state index in [-0.39, 0.29) is 48.9 Å². The van der Waals surface area contributed by atoms with Crippen molar-refractivity contribution < 1.29 is 28.2 Å². The number of hydrogen-bond acceptors (Lipinski definition) is 5. The highest BCUT2D eigenvalue weighted by atomic mass is 19.1. The quantitative estimate of drug-likeness (QED) is 0.704. The lowest BCUT2D eigenvalue weighted by molar-refractivity contribution is -0.151. The molecule has 33 heavy (non-hydrogen) atoms. The van der Waals surface area contributed by atoms with Crippen molar-refractivity contribution in [1.82, 2.24) is 10.2 Å². The van der Waals surface area contributed by atoms with E-state index in [9.17, 15) is 14.0 Å². The summed E-state index contributed by atoms with van der Waals surface area (Å²) in [5.74, 6) is 0.627. The first-order chi connectivity index (χ1) is 16.1. The maximum atomic E-state index is 13.2. The molecule has 2 aromatic carbocycles. The summed E-state index contributed by atoms with van der Waals surface area (Å²) in [7, 11) is 0. The number of morpholine rings is 1. The lowest BCUT2D eigenvalue weighted by Gasteiger charge is -2.44. The van der Waals surface area contributed by atoms with Gasteiger partial charge in [0.25, 0.3) is 5.91 Å². The molecule has 2 heterocycles. The van der Waals surface area contributed by atoms with Crippen LogP contribution in [0.4, 0.5) is 4.39 Å². The molecule has 0 spiro atoms. The fraction of sp³-hybridized carbons (Fsp3) is 0.360. The molecule has 5 rings (SSSR count). The molecule has 0 radical (unpaired) electrons. The number of ether oxygens (including phenoxy) is 3. The summed E-state index contributed by atoms with van der Waals surface area (Å²) in [6.07, 6.45) is 5.10. The maximum Gasteiger partial charge on any atom is 0.289 e. The average molecular weight is 452 g/mol. The number of nitrogens with zero attached hydrogens (tertiary/aromatic N) is 1. The van der Waals surface area contributed by atoms with E-state index in [0.29, 0.717) is 23.6 Å². The second-order valence-electron chi connectivity index (χ2n) is 8.47. The first-order valence-corrected chi connectivity index (χ1v) is 11.2. The van der Waals surface area contributed by atoms with Crippen molar-refractivity contribution in [1.29, 1.82) is 0 Å². The predicted octanol–water partition coefficient (Wildman–Crippen LogP) is 3.38. The molecule has 1 saturated carbocycles. The molecule has 8 heteroatoms. The van der Waals surface area contributed by atoms with Gasteiger partial charge in [-0.1, -0.05) is 24.6 Å². The third kappa shape index (κ3) is 4.65. The molecule has 2 unspecified atom stereocenters. The lowest BCUT2D eigenvalue weighted by Crippen LogP contribution is -2.57. The zero-order valence-corrected chi connectivity index (χ0v) is 18.1. The third-order valence-electron chi connectivity index (χ3n) is 6.23. The fourth-order valence-electron chi connectivity index (χ4n) is 4.53. The topological polar surface area (TPSA) is 77.1 Å². The van der Waals surface area contributed by atoms with Gasteiger partial charge in [-0.05, 0) is 60.7 Å². The van der Waals surface area contributed by atoms with Crippen molar-refractivity contribution in [2.24, 2.45) is 0 Å². The van der Waals surface area contributed by atoms with Crippen LogP contribution in [-0.2, 0) is 20.9 Å². The lowest BCUT2D eigenvalue weighted by atomic mass is 9.89. The van der Waals surface area contributed by atoms with E-state index in [1.807, 2.05) is 18.2 Å². The van der Waals surface area contributed by atoms with Crippen molar-refractivity contribution in [3.8, 4) is 11.5 Å². The molecule has 2 fully saturated rings. The van der Waals surface area contributed by atoms with Crippen molar-refractivity contribution in [2.45, 2.75) is 44.4 Å². The van der Waals surface area contributed by atoms with E-state index in [0.717, 1.165) is 31.2 Å². The maximum absolute atomic E-state index is 13.2. The summed E-state index contributed by atoms with van der Waals surface area (Å²) >= 11 is 0. The molecule has 1 N–H and O–H groups in total. The van der Waals surface area contributed by atoms with Gasteiger partial charge >= 0.3 is 0 Å². The molecule has 1 saturated heterocycles. The largest absolute Gasteiger partial charge is 0.482 e. The molecule has 2 aliphatic heterocycles. The average Bonchev–Trinajstić information content (AvgIpc) is 3.30. The van der Waals surface area contributed by atoms with Crippen molar-refractivity contribution >= 4 is 17.9 Å². The number of fused-ring (bicyclic) bond motifs is 2. The van der Waals surface area contributed by atoms with Crippen LogP contribution in [0.5, 0.6) is 11.5 Å². The molecule has 172 valence electrons. The minimum Gasteiger partial charge on any atom is -0.482 e. The van der Waals surface area contributed by atoms with Gasteiger partial charge in [0.05, 0.1) is 6.04 Å². The number of nitrogens with one attached hydrogen (secondary N) is 1. The Morgan fingerprint density at radius 3 is 2.73 bits per heavy atom. The van der Waals surface area contributed by atoms with Crippen LogP contribution in [0.1, 0.15) is 36.8 Å². The Morgan fingerprint density at radius 2 is 1.88 bits per heavy atom. The second kappa shape index (κ2) is 9.13. The van der Waals surface area contributed by atoms with Gasteiger partial charge in [-0.15, -0.1) is 0 Å². The van der Waals surface area contributed by atoms with Crippen LogP contribution in [0.25, 0.3) is 6.08 Å². The van der Waals surface area contributed by atoms with Gasteiger partial charge in [0.2, 0.25) is 12.7 Å². The van der Waals surface area contributed by atoms with Gasteiger partial charge in [0, 0.05) is 6.54 Å². The number of rotatable bonds is 5. The minimum atomic E-state index is -0.346. The molecule has 2 amide bonds. The van der Waals surface area contributed by atoms with Crippen LogP contribution in [-0.4, -0.2) is 42.2 Å². The van der Waals surface area contributed by atoms with Gasteiger partial charge < -0.3 is 24.4 Å². The summed E-state index contributed by atoms with van der Waals surface area (Å²) in [6, 6.07) is 11.2. The Labute approximate surface area is 191 Å². The van der Waals surface area contributed by atoms with Crippen LogP contribution in [0.2, 0.25) is 0 Å². The Hall–Kier alpha value is -3.55. The van der Waals surface area contributed by atoms with Gasteiger partial charge in [-0.2, -0.15) is 0 Å². The van der Waals surface area contributed by atoms with E-state index >= 15 is 0 Å². The van der Waals surface area contributed by atoms with Crippen LogP contribution in [0.15, 0.2) is 48.2 Å². The number of hydrogen-bond donors (Lipinski definition) is 1. The highest BCUT2D eigenvalue weighted by molar-refractivity contribution is 5.98. The Morgan fingerprint density at radius 1 is 1.09 bits per heavy atom. The molecule has 0 bridgehead atoms. The van der Waals surface area contributed by atoms with E-state index in [1.54, 1.807) is 23.1 Å². The molecule has 0 aromatic heterocycles. The van der Waals surface area contributed by atoms with Crippen molar-refractivity contribution in [3.05, 3.63) is 65.2 Å². The van der Waals surface area contributed by atoms with Gasteiger partial charge in [-0.3, -0.25) is 9.59 Å². The molecule has 1 aliphatic carbocycles. The molecule has 3 aliphatic rings. The normalized spacial score (nSPS) is 22.6. The van der Waals surface area contributed by atoms with E-state index < -0.39 is 0 Å². The zero-order valence-electron chi connectivity index (χ0n) is 18.1. The first-order valence-electron chi connectivity index (χ1n) is 11.2. The Kier molecular flexibility index (Phi) is 5.90. The minimum absolute atomic E-state index is 0.0470. The summed E-state index contributed by atoms with van der Waals surface area (Å²) < 4.78 is 30.0. The third-order valence-corrected chi connectivity index (χ3v) is 6.23. The number of amides is 2. The van der Waals surface area contributed by atoms with E-state index in [1.165, 1.54) is 12.1 Å². The monoisotopic (exact) mass is 452 g/mol. The summed E-state index contributed by atoms with van der Waals surface area (Å²) in [5, 5.41) is 2.89. The highest BCUT2D eigenvalue weighted by Gasteiger charge is 2.42. The number of benzene rings is 2. The fourth-order valence-corrected chi connectivity index (χ4v) is 4.53. The van der Waals surface area contributed by atoms with Crippen LogP contribution in [0, 0.1) is 5.82 Å². The summed E-state index contributed by atoms with van der Waals surface area (Å²) in [6.45, 7) is 0.468. The molecule has 7 nitrogen and oxygen atoms in total. The Bertz CT molecular complexity index is 1080. The summed E-state index contributed by atoms with van der Waals surface area (Å²) in [5.41, 5.74) is 1.55. The molecular weight excluding hydrogens is 427 g/mol. The van der Waals surface area contributed by atoms with Gasteiger partial charge in [0.1, 0.15) is 18.5 Å². The summed E-state index contributed by atoms with van der Waals surface area (Å²) in [4.78, 5) is 27.6. The molecule has 2 aromatic rings. The smallest absolute Gasteiger partial charge is 0.289 e. The molecule has 2 atom stereocenters. The zero-order chi connectivity index (χ0) is 22.8. The van der Waals surface area contributed by atoms with Gasteiger partial charge in [-0.25, -0.2) is 4.39 Å². The van der Waals surface area contributed by atoms with E-state index in [2.05, 4.69) is 5.32 Å².